The second-order valence-electron chi connectivity index (χ2n) is 6.91. The number of benzene rings is 1. The molecule has 176 valence electrons. The van der Waals surface area contributed by atoms with Crippen LogP contribution in [0, 0.1) is 0 Å². The fourth-order valence-electron chi connectivity index (χ4n) is 3.23. The Labute approximate surface area is 200 Å². The van der Waals surface area contributed by atoms with E-state index in [-0.39, 0.29) is 46.3 Å². The van der Waals surface area contributed by atoms with E-state index in [0.717, 1.165) is 19.3 Å². The largest absolute Gasteiger partial charge is 0.463 e. The summed E-state index contributed by atoms with van der Waals surface area (Å²) in [6.45, 7) is 7.56. The molecule has 1 aliphatic heterocycles. The van der Waals surface area contributed by atoms with Crippen molar-refractivity contribution in [1.29, 1.82) is 0 Å². The first-order valence-corrected chi connectivity index (χ1v) is 11.1. The number of aryl methyl sites for hydroxylation is 1. The van der Waals surface area contributed by atoms with Crippen molar-refractivity contribution in [2.45, 2.75) is 39.7 Å². The van der Waals surface area contributed by atoms with E-state index >= 15 is 0 Å². The third-order valence-electron chi connectivity index (χ3n) is 4.70. The van der Waals surface area contributed by atoms with Crippen LogP contribution in [0.4, 0.5) is 0 Å². The first-order valence-electron chi connectivity index (χ1n) is 10.4. The summed E-state index contributed by atoms with van der Waals surface area (Å²) in [5.74, 6) is 0.428. The molecule has 0 radical (unpaired) electrons. The van der Waals surface area contributed by atoms with Gasteiger partial charge in [0.15, 0.2) is 12.4 Å². The highest BCUT2D eigenvalue weighted by molar-refractivity contribution is 6.36. The zero-order valence-corrected chi connectivity index (χ0v) is 19.9. The van der Waals surface area contributed by atoms with Crippen LogP contribution >= 0.6 is 23.2 Å². The molecule has 0 unspecified atom stereocenters. The number of carbonyl (C=O) groups is 1. The van der Waals surface area contributed by atoms with E-state index in [9.17, 15) is 9.59 Å². The molecule has 0 amide bonds. The summed E-state index contributed by atoms with van der Waals surface area (Å²) in [6.07, 6.45) is 5.44. The fourth-order valence-corrected chi connectivity index (χ4v) is 3.73. The number of aromatic nitrogens is 3. The van der Waals surface area contributed by atoms with Gasteiger partial charge in [0, 0.05) is 25.2 Å². The molecule has 0 saturated heterocycles. The molecule has 33 heavy (non-hydrogen) atoms. The van der Waals surface area contributed by atoms with Gasteiger partial charge in [0.1, 0.15) is 11.6 Å². The number of aliphatic imine (C=N–C) groups is 1. The molecule has 0 N–H and O–H groups in total. The standard InChI is InChI=1S/C22H24Cl2N4O5/c1-4-17(21(25-5-2)32-13-20(29)31-6-3)33-18-12-16(14(23)11-15(18)24)28-22(30)27-10-8-7-9-19(27)26-28/h4-5,11-12H,1,6-10,13H2,2-3H3/b21-17-,25-5-. The maximum atomic E-state index is 12.9. The lowest BCUT2D eigenvalue weighted by atomic mass is 10.2. The summed E-state index contributed by atoms with van der Waals surface area (Å²) >= 11 is 12.7. The minimum absolute atomic E-state index is 0.00254. The molecule has 0 bridgehead atoms. The Morgan fingerprint density at radius 2 is 2.06 bits per heavy atom. The Bertz CT molecular complexity index is 1170. The number of rotatable bonds is 9. The average Bonchev–Trinajstić information content (AvgIpc) is 3.13. The van der Waals surface area contributed by atoms with Gasteiger partial charge in [0.05, 0.1) is 22.3 Å². The van der Waals surface area contributed by atoms with Gasteiger partial charge in [0.25, 0.3) is 5.88 Å². The monoisotopic (exact) mass is 494 g/mol. The first kappa shape index (κ1) is 24.6. The van der Waals surface area contributed by atoms with Crippen LogP contribution in [-0.2, 0) is 27.2 Å². The minimum atomic E-state index is -0.556. The van der Waals surface area contributed by atoms with Crippen molar-refractivity contribution in [3.05, 3.63) is 62.8 Å². The van der Waals surface area contributed by atoms with Gasteiger partial charge < -0.3 is 14.2 Å². The van der Waals surface area contributed by atoms with E-state index in [2.05, 4.69) is 16.7 Å². The lowest BCUT2D eigenvalue weighted by Crippen LogP contribution is -2.26. The molecule has 11 heteroatoms. The molecule has 2 heterocycles. The molecule has 1 aliphatic rings. The van der Waals surface area contributed by atoms with E-state index in [1.54, 1.807) is 18.4 Å². The maximum absolute atomic E-state index is 12.9. The summed E-state index contributed by atoms with van der Waals surface area (Å²) in [7, 11) is 0. The number of nitrogens with zero attached hydrogens (tertiary/aromatic N) is 4. The number of ether oxygens (including phenoxy) is 3. The normalized spacial score (nSPS) is 13.9. The lowest BCUT2D eigenvalue weighted by molar-refractivity contribution is -0.147. The SMILES string of the molecule is C=C/C(Oc1cc(-n2nc3n(c2=O)CCCC3)c(Cl)cc1Cl)=C(\N=C/C)OCC(=O)OCC. The van der Waals surface area contributed by atoms with Gasteiger partial charge in [-0.2, -0.15) is 4.68 Å². The van der Waals surface area contributed by atoms with Gasteiger partial charge in [-0.15, -0.1) is 5.10 Å². The highest BCUT2D eigenvalue weighted by Gasteiger charge is 2.21. The molecule has 0 saturated carbocycles. The molecule has 0 fully saturated rings. The minimum Gasteiger partial charge on any atom is -0.463 e. The maximum Gasteiger partial charge on any atom is 0.350 e. The molecule has 1 aromatic heterocycles. The van der Waals surface area contributed by atoms with E-state index < -0.39 is 5.97 Å². The fraction of sp³-hybridized carbons (Fsp3) is 0.364. The smallest absolute Gasteiger partial charge is 0.350 e. The number of carbonyl (C=O) groups excluding carboxylic acids is 1. The Morgan fingerprint density at radius 3 is 2.73 bits per heavy atom. The third kappa shape index (κ3) is 5.66. The molecule has 2 aromatic rings. The van der Waals surface area contributed by atoms with Crippen LogP contribution < -0.4 is 10.4 Å². The van der Waals surface area contributed by atoms with Gasteiger partial charge in [0.2, 0.25) is 0 Å². The van der Waals surface area contributed by atoms with Crippen LogP contribution in [0.1, 0.15) is 32.5 Å². The predicted molar refractivity (Wildman–Crippen MR) is 125 cm³/mol. The Balaban J connectivity index is 1.98. The third-order valence-corrected chi connectivity index (χ3v) is 5.29. The number of esters is 1. The molecule has 1 aromatic carbocycles. The second-order valence-corrected chi connectivity index (χ2v) is 7.72. The summed E-state index contributed by atoms with van der Waals surface area (Å²) < 4.78 is 19.1. The van der Waals surface area contributed by atoms with Crippen molar-refractivity contribution in [2.24, 2.45) is 4.99 Å². The number of hydrogen-bond donors (Lipinski definition) is 0. The van der Waals surface area contributed by atoms with Gasteiger partial charge in [-0.3, -0.25) is 4.57 Å². The van der Waals surface area contributed by atoms with Crippen molar-refractivity contribution in [1.82, 2.24) is 14.3 Å². The highest BCUT2D eigenvalue weighted by Crippen LogP contribution is 2.34. The quantitative estimate of drug-likeness (QED) is 0.225. The van der Waals surface area contributed by atoms with Crippen molar-refractivity contribution in [2.75, 3.05) is 13.2 Å². The molecule has 0 atom stereocenters. The van der Waals surface area contributed by atoms with E-state index in [0.29, 0.717) is 18.1 Å². The van der Waals surface area contributed by atoms with E-state index in [1.807, 2.05) is 0 Å². The first-order chi connectivity index (χ1) is 15.9. The van der Waals surface area contributed by atoms with Gasteiger partial charge in [-0.05, 0) is 38.8 Å². The Morgan fingerprint density at radius 1 is 1.27 bits per heavy atom. The summed E-state index contributed by atoms with van der Waals surface area (Å²) in [5, 5.41) is 4.86. The van der Waals surface area contributed by atoms with Gasteiger partial charge >= 0.3 is 11.7 Å². The molecule has 9 nitrogen and oxygen atoms in total. The topological polar surface area (TPSA) is 96.9 Å². The lowest BCUT2D eigenvalue weighted by Gasteiger charge is -2.14. The molecule has 0 aliphatic carbocycles. The second kappa shape index (κ2) is 11.2. The Kier molecular flexibility index (Phi) is 8.35. The van der Waals surface area contributed by atoms with Crippen molar-refractivity contribution in [3.63, 3.8) is 0 Å². The zero-order valence-electron chi connectivity index (χ0n) is 18.3. The summed E-state index contributed by atoms with van der Waals surface area (Å²) in [4.78, 5) is 28.6. The molecule has 3 rings (SSSR count). The van der Waals surface area contributed by atoms with Crippen LogP contribution in [0.2, 0.25) is 10.0 Å². The van der Waals surface area contributed by atoms with Crippen LogP contribution in [-0.4, -0.2) is 39.7 Å². The summed E-state index contributed by atoms with van der Waals surface area (Å²) in [5.41, 5.74) is 0.0350. The summed E-state index contributed by atoms with van der Waals surface area (Å²) in [6, 6.07) is 2.97. The number of allylic oxidation sites excluding steroid dienone is 1. The van der Waals surface area contributed by atoms with Crippen LogP contribution in [0.25, 0.3) is 5.69 Å². The predicted octanol–water partition coefficient (Wildman–Crippen LogP) is 4.08. The van der Waals surface area contributed by atoms with Gasteiger partial charge in [-0.1, -0.05) is 29.8 Å². The molecular weight excluding hydrogens is 471 g/mol. The van der Waals surface area contributed by atoms with Crippen LogP contribution in [0.15, 0.2) is 46.2 Å². The number of hydrogen-bond acceptors (Lipinski definition) is 7. The number of fused-ring (bicyclic) bond motifs is 1. The van der Waals surface area contributed by atoms with Crippen molar-refractivity contribution >= 4 is 35.4 Å². The molecular formula is C22H24Cl2N4O5. The highest BCUT2D eigenvalue weighted by atomic mass is 35.5. The molecule has 0 spiro atoms. The van der Waals surface area contributed by atoms with E-state index in [4.69, 9.17) is 37.4 Å². The van der Waals surface area contributed by atoms with Crippen molar-refractivity contribution in [3.8, 4) is 11.4 Å². The number of halogens is 2. The van der Waals surface area contributed by atoms with Crippen LogP contribution in [0.5, 0.6) is 5.75 Å². The van der Waals surface area contributed by atoms with E-state index in [1.165, 1.54) is 29.1 Å². The van der Waals surface area contributed by atoms with Gasteiger partial charge in [-0.25, -0.2) is 14.6 Å². The average molecular weight is 495 g/mol. The van der Waals surface area contributed by atoms with Crippen molar-refractivity contribution < 1.29 is 19.0 Å². The Hall–Kier alpha value is -3.04. The zero-order chi connectivity index (χ0) is 24.0. The van der Waals surface area contributed by atoms with Crippen LogP contribution in [0.3, 0.4) is 0 Å².